The van der Waals surface area contributed by atoms with Crippen LogP contribution in [0.2, 0.25) is 0 Å². The Morgan fingerprint density at radius 1 is 1.39 bits per heavy atom. The number of nitrogens with one attached hydrogen (secondary N) is 1. The third-order valence-electron chi connectivity index (χ3n) is 3.91. The van der Waals surface area contributed by atoms with Crippen molar-refractivity contribution >= 4 is 21.4 Å². The van der Waals surface area contributed by atoms with Crippen molar-refractivity contribution in [1.82, 2.24) is 5.32 Å². The summed E-state index contributed by atoms with van der Waals surface area (Å²) in [5.41, 5.74) is 1.09. The lowest BCUT2D eigenvalue weighted by Gasteiger charge is -2.31. The first-order chi connectivity index (χ1) is 8.75. The summed E-state index contributed by atoms with van der Waals surface area (Å²) in [5, 5.41) is 17.4. The summed E-state index contributed by atoms with van der Waals surface area (Å²) in [6, 6.07) is 8.52. The van der Waals surface area contributed by atoms with Gasteiger partial charge in [0.05, 0.1) is 6.10 Å². The van der Waals surface area contributed by atoms with E-state index in [0.717, 1.165) is 18.5 Å². The molecule has 0 saturated carbocycles. The molecular formula is C15H19NOS. The Labute approximate surface area is 112 Å². The van der Waals surface area contributed by atoms with Crippen LogP contribution in [0.15, 0.2) is 29.6 Å². The van der Waals surface area contributed by atoms with Crippen molar-refractivity contribution in [3.05, 3.63) is 35.2 Å². The number of piperidine rings is 1. The summed E-state index contributed by atoms with van der Waals surface area (Å²) in [7, 11) is 0. The molecule has 0 aliphatic carbocycles. The quantitative estimate of drug-likeness (QED) is 0.869. The molecule has 3 heteroatoms. The molecule has 1 fully saturated rings. The number of fused-ring (bicyclic) bond motifs is 1. The Morgan fingerprint density at radius 3 is 3.06 bits per heavy atom. The Balaban J connectivity index is 1.89. The van der Waals surface area contributed by atoms with E-state index in [0.29, 0.717) is 5.92 Å². The van der Waals surface area contributed by atoms with Gasteiger partial charge in [-0.2, -0.15) is 0 Å². The van der Waals surface area contributed by atoms with Gasteiger partial charge in [-0.25, -0.2) is 0 Å². The molecule has 2 heterocycles. The highest BCUT2D eigenvalue weighted by molar-refractivity contribution is 7.17. The molecule has 2 aromatic rings. The highest BCUT2D eigenvalue weighted by Crippen LogP contribution is 2.34. The molecule has 1 saturated heterocycles. The first-order valence-electron chi connectivity index (χ1n) is 6.63. The zero-order valence-corrected chi connectivity index (χ0v) is 11.4. The van der Waals surface area contributed by atoms with Crippen LogP contribution in [-0.2, 0) is 0 Å². The van der Waals surface area contributed by atoms with E-state index >= 15 is 0 Å². The van der Waals surface area contributed by atoms with Crippen LogP contribution < -0.4 is 5.32 Å². The number of benzene rings is 1. The smallest absolute Gasteiger partial charge is 0.0957 e. The fraction of sp³-hybridized carbons (Fsp3) is 0.467. The molecule has 18 heavy (non-hydrogen) atoms. The third-order valence-corrected chi connectivity index (χ3v) is 4.89. The van der Waals surface area contributed by atoms with Crippen molar-refractivity contribution in [2.45, 2.75) is 31.9 Å². The molecule has 0 spiro atoms. The molecule has 3 atom stereocenters. The molecule has 1 aliphatic rings. The summed E-state index contributed by atoms with van der Waals surface area (Å²) in [6.45, 7) is 3.29. The molecule has 0 amide bonds. The standard InChI is InChI=1S/C15H19NOS/c1-10-6-7-16-13(8-10)15(17)12-9-18-14-5-3-2-4-11(12)14/h2-5,9-10,13,15-17H,6-8H2,1H3. The van der Waals surface area contributed by atoms with E-state index in [2.05, 4.69) is 35.8 Å². The number of aliphatic hydroxyl groups excluding tert-OH is 1. The van der Waals surface area contributed by atoms with E-state index in [9.17, 15) is 5.11 Å². The highest BCUT2D eigenvalue weighted by Gasteiger charge is 2.27. The van der Waals surface area contributed by atoms with Crippen molar-refractivity contribution in [2.75, 3.05) is 6.54 Å². The van der Waals surface area contributed by atoms with E-state index in [4.69, 9.17) is 0 Å². The zero-order chi connectivity index (χ0) is 12.5. The summed E-state index contributed by atoms with van der Waals surface area (Å²) >= 11 is 1.72. The van der Waals surface area contributed by atoms with Gasteiger partial charge in [-0.1, -0.05) is 25.1 Å². The molecule has 96 valence electrons. The lowest BCUT2D eigenvalue weighted by Crippen LogP contribution is -2.41. The van der Waals surface area contributed by atoms with Crippen LogP contribution in [0.4, 0.5) is 0 Å². The minimum atomic E-state index is -0.385. The average Bonchev–Trinajstić information content (AvgIpc) is 2.82. The number of hydrogen-bond acceptors (Lipinski definition) is 3. The van der Waals surface area contributed by atoms with Crippen molar-refractivity contribution < 1.29 is 5.11 Å². The Morgan fingerprint density at radius 2 is 2.22 bits per heavy atom. The highest BCUT2D eigenvalue weighted by atomic mass is 32.1. The molecule has 0 radical (unpaired) electrons. The first kappa shape index (κ1) is 12.2. The minimum Gasteiger partial charge on any atom is -0.387 e. The molecule has 3 unspecified atom stereocenters. The molecule has 1 aromatic carbocycles. The molecule has 2 N–H and O–H groups in total. The fourth-order valence-corrected chi connectivity index (χ4v) is 3.82. The van der Waals surface area contributed by atoms with E-state index in [1.165, 1.54) is 16.5 Å². The largest absolute Gasteiger partial charge is 0.387 e. The van der Waals surface area contributed by atoms with Crippen LogP contribution in [0.25, 0.3) is 10.1 Å². The number of hydrogen-bond donors (Lipinski definition) is 2. The maximum Gasteiger partial charge on any atom is 0.0957 e. The van der Waals surface area contributed by atoms with Crippen molar-refractivity contribution in [1.29, 1.82) is 0 Å². The second-order valence-electron chi connectivity index (χ2n) is 5.32. The van der Waals surface area contributed by atoms with Gasteiger partial charge in [0.25, 0.3) is 0 Å². The van der Waals surface area contributed by atoms with Crippen LogP contribution in [-0.4, -0.2) is 17.7 Å². The van der Waals surface area contributed by atoms with Crippen LogP contribution in [0.5, 0.6) is 0 Å². The topological polar surface area (TPSA) is 32.3 Å². The monoisotopic (exact) mass is 261 g/mol. The summed E-state index contributed by atoms with van der Waals surface area (Å²) < 4.78 is 1.26. The van der Waals surface area contributed by atoms with Gasteiger partial charge in [0.15, 0.2) is 0 Å². The molecule has 1 aromatic heterocycles. The van der Waals surface area contributed by atoms with Gasteiger partial charge in [0, 0.05) is 16.3 Å². The normalized spacial score (nSPS) is 26.3. The zero-order valence-electron chi connectivity index (χ0n) is 10.6. The predicted octanol–water partition coefficient (Wildman–Crippen LogP) is 3.32. The van der Waals surface area contributed by atoms with Crippen molar-refractivity contribution in [3.63, 3.8) is 0 Å². The average molecular weight is 261 g/mol. The lowest BCUT2D eigenvalue weighted by molar-refractivity contribution is 0.103. The molecule has 0 bridgehead atoms. The van der Waals surface area contributed by atoms with E-state index in [-0.39, 0.29) is 12.1 Å². The van der Waals surface area contributed by atoms with Gasteiger partial charge >= 0.3 is 0 Å². The number of rotatable bonds is 2. The van der Waals surface area contributed by atoms with E-state index < -0.39 is 0 Å². The predicted molar refractivity (Wildman–Crippen MR) is 77.0 cm³/mol. The fourth-order valence-electron chi connectivity index (χ4n) is 2.83. The number of thiophene rings is 1. The maximum absolute atomic E-state index is 10.6. The first-order valence-corrected chi connectivity index (χ1v) is 7.51. The van der Waals surface area contributed by atoms with Gasteiger partial charge in [0.1, 0.15) is 0 Å². The summed E-state index contributed by atoms with van der Waals surface area (Å²) in [4.78, 5) is 0. The minimum absolute atomic E-state index is 0.201. The van der Waals surface area contributed by atoms with E-state index in [1.54, 1.807) is 11.3 Å². The molecule has 3 rings (SSSR count). The van der Waals surface area contributed by atoms with Gasteiger partial charge < -0.3 is 10.4 Å². The Kier molecular flexibility index (Phi) is 3.37. The van der Waals surface area contributed by atoms with Crippen LogP contribution in [0.3, 0.4) is 0 Å². The van der Waals surface area contributed by atoms with Crippen molar-refractivity contribution in [2.24, 2.45) is 5.92 Å². The summed E-state index contributed by atoms with van der Waals surface area (Å²) in [6.07, 6.45) is 1.89. The third kappa shape index (κ3) is 2.18. The van der Waals surface area contributed by atoms with Crippen LogP contribution in [0, 0.1) is 5.92 Å². The van der Waals surface area contributed by atoms with Crippen LogP contribution >= 0.6 is 11.3 Å². The van der Waals surface area contributed by atoms with Gasteiger partial charge in [0.2, 0.25) is 0 Å². The van der Waals surface area contributed by atoms with Gasteiger partial charge in [-0.05, 0) is 42.1 Å². The summed E-state index contributed by atoms with van der Waals surface area (Å²) in [5.74, 6) is 0.704. The Hall–Kier alpha value is -0.900. The Bertz CT molecular complexity index is 536. The maximum atomic E-state index is 10.6. The van der Waals surface area contributed by atoms with Gasteiger partial charge in [-0.3, -0.25) is 0 Å². The SMILES string of the molecule is CC1CCNC(C(O)c2csc3ccccc23)C1. The van der Waals surface area contributed by atoms with Crippen LogP contribution in [0.1, 0.15) is 31.4 Å². The van der Waals surface area contributed by atoms with Crippen molar-refractivity contribution in [3.8, 4) is 0 Å². The molecule has 2 nitrogen and oxygen atoms in total. The number of aliphatic hydroxyl groups is 1. The molecular weight excluding hydrogens is 242 g/mol. The molecule has 1 aliphatic heterocycles. The van der Waals surface area contributed by atoms with Gasteiger partial charge in [-0.15, -0.1) is 11.3 Å². The van der Waals surface area contributed by atoms with E-state index in [1.807, 2.05) is 6.07 Å². The second kappa shape index (κ2) is 5.00. The second-order valence-corrected chi connectivity index (χ2v) is 6.23. The lowest BCUT2D eigenvalue weighted by atomic mass is 9.89.